The Hall–Kier alpha value is -1.46. The molecule has 112 valence electrons. The minimum absolute atomic E-state index is 0.0398. The highest BCUT2D eigenvalue weighted by molar-refractivity contribution is 5.81. The molecular formula is C15H25N3O2. The van der Waals surface area contributed by atoms with E-state index in [0.717, 1.165) is 12.1 Å². The van der Waals surface area contributed by atoms with Crippen LogP contribution in [0.4, 0.5) is 0 Å². The largest absolute Gasteiger partial charge is 0.383 e. The quantitative estimate of drug-likeness (QED) is 0.781. The summed E-state index contributed by atoms with van der Waals surface area (Å²) < 4.78 is 5.07. The maximum Gasteiger partial charge on any atom is 0.240 e. The van der Waals surface area contributed by atoms with Crippen molar-refractivity contribution in [3.8, 4) is 0 Å². The van der Waals surface area contributed by atoms with Crippen molar-refractivity contribution < 1.29 is 9.53 Å². The molecule has 0 saturated carbocycles. The van der Waals surface area contributed by atoms with E-state index in [1.165, 1.54) is 0 Å². The number of amides is 1. The monoisotopic (exact) mass is 279 g/mol. The number of nitrogens with two attached hydrogens (primary N) is 1. The molecule has 5 heteroatoms. The van der Waals surface area contributed by atoms with Crippen LogP contribution in [0.2, 0.25) is 0 Å². The van der Waals surface area contributed by atoms with Gasteiger partial charge in [-0.3, -0.25) is 9.78 Å². The molecule has 2 N–H and O–H groups in total. The highest BCUT2D eigenvalue weighted by Crippen LogP contribution is 2.10. The normalized spacial score (nSPS) is 13.8. The Morgan fingerprint density at radius 3 is 2.80 bits per heavy atom. The van der Waals surface area contributed by atoms with Gasteiger partial charge in [0.2, 0.25) is 5.91 Å². The van der Waals surface area contributed by atoms with E-state index < -0.39 is 6.04 Å². The Kier molecular flexibility index (Phi) is 7.18. The molecule has 1 aromatic rings. The molecular weight excluding hydrogens is 254 g/mol. The molecule has 0 fully saturated rings. The third-order valence-electron chi connectivity index (χ3n) is 3.50. The van der Waals surface area contributed by atoms with Gasteiger partial charge in [0, 0.05) is 19.9 Å². The molecule has 1 rings (SSSR count). The van der Waals surface area contributed by atoms with Gasteiger partial charge < -0.3 is 15.4 Å². The lowest BCUT2D eigenvalue weighted by molar-refractivity contribution is -0.135. The molecule has 0 aromatic carbocycles. The van der Waals surface area contributed by atoms with Crippen LogP contribution in [0.3, 0.4) is 0 Å². The van der Waals surface area contributed by atoms with Gasteiger partial charge in [-0.25, -0.2) is 0 Å². The summed E-state index contributed by atoms with van der Waals surface area (Å²) in [6.45, 7) is 5.52. The van der Waals surface area contributed by atoms with E-state index >= 15 is 0 Å². The minimum atomic E-state index is -0.472. The molecule has 0 bridgehead atoms. The molecule has 2 atom stereocenters. The predicted molar refractivity (Wildman–Crippen MR) is 79.0 cm³/mol. The first-order chi connectivity index (χ1) is 9.60. The van der Waals surface area contributed by atoms with Crippen molar-refractivity contribution in [3.05, 3.63) is 30.1 Å². The molecule has 20 heavy (non-hydrogen) atoms. The predicted octanol–water partition coefficient (Wildman–Crippen LogP) is 1.43. The summed E-state index contributed by atoms with van der Waals surface area (Å²) in [6.07, 6.45) is 2.61. The van der Waals surface area contributed by atoms with Crippen LogP contribution in [0.5, 0.6) is 0 Å². The molecule has 1 heterocycles. The number of nitrogens with zero attached hydrogens (tertiary/aromatic N) is 2. The van der Waals surface area contributed by atoms with Gasteiger partial charge >= 0.3 is 0 Å². The summed E-state index contributed by atoms with van der Waals surface area (Å²) in [6, 6.07) is 5.20. The average molecular weight is 279 g/mol. The summed E-state index contributed by atoms with van der Waals surface area (Å²) in [4.78, 5) is 18.5. The number of aromatic nitrogens is 1. The van der Waals surface area contributed by atoms with Gasteiger partial charge in [-0.2, -0.15) is 0 Å². The molecule has 0 saturated heterocycles. The van der Waals surface area contributed by atoms with Crippen molar-refractivity contribution in [2.45, 2.75) is 32.9 Å². The zero-order valence-corrected chi connectivity index (χ0v) is 12.6. The van der Waals surface area contributed by atoms with Gasteiger partial charge in [0.15, 0.2) is 0 Å². The highest BCUT2D eigenvalue weighted by Gasteiger charge is 2.25. The Morgan fingerprint density at radius 2 is 2.25 bits per heavy atom. The first-order valence-electron chi connectivity index (χ1n) is 7.03. The van der Waals surface area contributed by atoms with Crippen molar-refractivity contribution in [2.24, 2.45) is 11.7 Å². The molecule has 0 spiro atoms. The lowest BCUT2D eigenvalue weighted by Crippen LogP contribution is -2.47. The molecule has 5 nitrogen and oxygen atoms in total. The summed E-state index contributed by atoms with van der Waals surface area (Å²) in [5.41, 5.74) is 6.90. The second kappa shape index (κ2) is 8.66. The molecule has 0 aliphatic carbocycles. The number of carbonyl (C=O) groups is 1. The number of pyridine rings is 1. The van der Waals surface area contributed by atoms with Crippen molar-refractivity contribution in [1.82, 2.24) is 9.88 Å². The van der Waals surface area contributed by atoms with Crippen LogP contribution in [0.15, 0.2) is 24.4 Å². The van der Waals surface area contributed by atoms with E-state index in [9.17, 15) is 4.79 Å². The van der Waals surface area contributed by atoms with Crippen molar-refractivity contribution in [1.29, 1.82) is 0 Å². The molecule has 0 aliphatic rings. The average Bonchev–Trinajstić information content (AvgIpc) is 2.50. The Morgan fingerprint density at radius 1 is 1.50 bits per heavy atom. The number of rotatable bonds is 8. The molecule has 1 amide bonds. The van der Waals surface area contributed by atoms with Crippen LogP contribution in [-0.4, -0.2) is 42.1 Å². The molecule has 0 radical (unpaired) electrons. The highest BCUT2D eigenvalue weighted by atomic mass is 16.5. The van der Waals surface area contributed by atoms with Gasteiger partial charge in [0.05, 0.1) is 24.9 Å². The number of hydrogen-bond donors (Lipinski definition) is 1. The van der Waals surface area contributed by atoms with E-state index in [-0.39, 0.29) is 11.8 Å². The topological polar surface area (TPSA) is 68.5 Å². The van der Waals surface area contributed by atoms with E-state index in [1.54, 1.807) is 18.2 Å². The lowest BCUT2D eigenvalue weighted by Gasteiger charge is -2.27. The number of carbonyl (C=O) groups excluding carboxylic acids is 1. The SMILES string of the molecule is CC[C@H](C)[C@H](N)C(=O)N(CCOC)Cc1ccccn1. The van der Waals surface area contributed by atoms with E-state index in [1.807, 2.05) is 32.0 Å². The molecule has 1 aromatic heterocycles. The zero-order chi connectivity index (χ0) is 15.0. The standard InChI is InChI=1S/C15H25N3O2/c1-4-12(2)14(16)15(19)18(9-10-20-3)11-13-7-5-6-8-17-13/h5-8,12,14H,4,9-11,16H2,1-3H3/t12-,14-/m0/s1. The number of ether oxygens (including phenoxy) is 1. The van der Waals surface area contributed by atoms with Crippen LogP contribution in [-0.2, 0) is 16.1 Å². The fourth-order valence-electron chi connectivity index (χ4n) is 1.86. The van der Waals surface area contributed by atoms with Crippen LogP contribution < -0.4 is 5.73 Å². The third-order valence-corrected chi connectivity index (χ3v) is 3.50. The zero-order valence-electron chi connectivity index (χ0n) is 12.6. The fourth-order valence-corrected chi connectivity index (χ4v) is 1.86. The fraction of sp³-hybridized carbons (Fsp3) is 0.600. The van der Waals surface area contributed by atoms with E-state index in [4.69, 9.17) is 10.5 Å². The van der Waals surface area contributed by atoms with Gasteiger partial charge in [0.25, 0.3) is 0 Å². The molecule has 0 aliphatic heterocycles. The number of hydrogen-bond acceptors (Lipinski definition) is 4. The van der Waals surface area contributed by atoms with Crippen molar-refractivity contribution >= 4 is 5.91 Å². The summed E-state index contributed by atoms with van der Waals surface area (Å²) in [5, 5.41) is 0. The Labute approximate surface area is 121 Å². The summed E-state index contributed by atoms with van der Waals surface area (Å²) >= 11 is 0. The third kappa shape index (κ3) is 4.90. The first-order valence-corrected chi connectivity index (χ1v) is 7.03. The van der Waals surface area contributed by atoms with Gasteiger partial charge in [0.1, 0.15) is 0 Å². The van der Waals surface area contributed by atoms with Gasteiger partial charge in [-0.1, -0.05) is 26.3 Å². The summed E-state index contributed by atoms with van der Waals surface area (Å²) in [7, 11) is 1.62. The van der Waals surface area contributed by atoms with Gasteiger partial charge in [-0.05, 0) is 18.1 Å². The second-order valence-electron chi connectivity index (χ2n) is 4.98. The maximum absolute atomic E-state index is 12.5. The van der Waals surface area contributed by atoms with Crippen molar-refractivity contribution in [3.63, 3.8) is 0 Å². The summed E-state index contributed by atoms with van der Waals surface area (Å²) in [5.74, 6) is 0.123. The van der Waals surface area contributed by atoms with Gasteiger partial charge in [-0.15, -0.1) is 0 Å². The van der Waals surface area contributed by atoms with Crippen LogP contribution in [0.1, 0.15) is 26.0 Å². The molecule has 0 unspecified atom stereocenters. The smallest absolute Gasteiger partial charge is 0.240 e. The van der Waals surface area contributed by atoms with Crippen LogP contribution >= 0.6 is 0 Å². The first kappa shape index (κ1) is 16.6. The Balaban J connectivity index is 2.75. The second-order valence-corrected chi connectivity index (χ2v) is 4.98. The maximum atomic E-state index is 12.5. The van der Waals surface area contributed by atoms with Crippen molar-refractivity contribution in [2.75, 3.05) is 20.3 Å². The Bertz CT molecular complexity index is 397. The van der Waals surface area contributed by atoms with Crippen LogP contribution in [0, 0.1) is 5.92 Å². The van der Waals surface area contributed by atoms with Crippen LogP contribution in [0.25, 0.3) is 0 Å². The van der Waals surface area contributed by atoms with E-state index in [0.29, 0.717) is 19.7 Å². The van der Waals surface area contributed by atoms with E-state index in [2.05, 4.69) is 4.98 Å². The minimum Gasteiger partial charge on any atom is -0.383 e. The number of methoxy groups -OCH3 is 1. The lowest BCUT2D eigenvalue weighted by atomic mass is 9.99.